The highest BCUT2D eigenvalue weighted by Gasteiger charge is 2.75. The summed E-state index contributed by atoms with van der Waals surface area (Å²) in [5, 5.41) is 13.8. The second-order valence-electron chi connectivity index (χ2n) is 16.1. The van der Waals surface area contributed by atoms with Crippen LogP contribution in [0.2, 0.25) is 0 Å². The summed E-state index contributed by atoms with van der Waals surface area (Å²) in [6.45, 7) is 4.86. The minimum absolute atomic E-state index is 0.00543. The topological polar surface area (TPSA) is 125 Å². The van der Waals surface area contributed by atoms with Crippen LogP contribution >= 0.6 is 0 Å². The van der Waals surface area contributed by atoms with E-state index in [-0.39, 0.29) is 24.3 Å². The number of hydrogen-bond donors (Lipinski definition) is 2. The van der Waals surface area contributed by atoms with E-state index in [0.717, 1.165) is 52.9 Å². The van der Waals surface area contributed by atoms with Gasteiger partial charge in [-0.15, -0.1) is 0 Å². The maximum Gasteiger partial charge on any atom is 0.340 e. The van der Waals surface area contributed by atoms with E-state index in [1.165, 1.54) is 14.2 Å². The number of rotatable bonds is 5. The first-order valence-electron chi connectivity index (χ1n) is 18.7. The van der Waals surface area contributed by atoms with E-state index >= 15 is 0 Å². The first-order chi connectivity index (χ1) is 25.0. The summed E-state index contributed by atoms with van der Waals surface area (Å²) in [7, 11) is 6.36. The Morgan fingerprint density at radius 3 is 2.58 bits per heavy atom. The van der Waals surface area contributed by atoms with E-state index in [0.29, 0.717) is 50.1 Å². The molecule has 2 saturated heterocycles. The summed E-state index contributed by atoms with van der Waals surface area (Å²) in [5.41, 5.74) is 0.843. The summed E-state index contributed by atoms with van der Waals surface area (Å²) < 4.78 is 17.5. The summed E-state index contributed by atoms with van der Waals surface area (Å²) in [4.78, 5) is 52.5. The Hall–Kier alpha value is -4.35. The van der Waals surface area contributed by atoms with Gasteiger partial charge in [0.15, 0.2) is 5.60 Å². The van der Waals surface area contributed by atoms with Gasteiger partial charge in [-0.1, -0.05) is 37.3 Å². The Balaban J connectivity index is 1.36. The molecule has 1 amide bonds. The van der Waals surface area contributed by atoms with Gasteiger partial charge in [-0.05, 0) is 67.8 Å². The zero-order chi connectivity index (χ0) is 36.4. The highest BCUT2D eigenvalue weighted by Crippen LogP contribution is 2.67. The smallest absolute Gasteiger partial charge is 0.340 e. The molecule has 3 fully saturated rings. The van der Waals surface area contributed by atoms with Gasteiger partial charge in [0.25, 0.3) is 0 Å². The second kappa shape index (κ2) is 11.3. The van der Waals surface area contributed by atoms with Crippen LogP contribution in [-0.4, -0.2) is 110 Å². The van der Waals surface area contributed by atoms with Crippen molar-refractivity contribution in [2.24, 2.45) is 11.3 Å². The number of aromatic nitrogens is 1. The number of aliphatic hydroxyl groups is 1. The van der Waals surface area contributed by atoms with Crippen LogP contribution in [-0.2, 0) is 41.1 Å². The zero-order valence-electron chi connectivity index (χ0n) is 30.7. The molecule has 11 nitrogen and oxygen atoms in total. The molecular formula is C41H48N4O7. The highest BCUT2D eigenvalue weighted by atomic mass is 16.5. The minimum Gasteiger partial charge on any atom is -0.496 e. The first kappa shape index (κ1) is 33.5. The van der Waals surface area contributed by atoms with E-state index in [1.807, 2.05) is 36.2 Å². The number of aromatic amines is 1. The second-order valence-corrected chi connectivity index (χ2v) is 16.1. The molecule has 1 aromatic heterocycles. The van der Waals surface area contributed by atoms with E-state index < -0.39 is 39.8 Å². The van der Waals surface area contributed by atoms with Gasteiger partial charge < -0.3 is 34.1 Å². The number of likely N-dealkylation sites (N-methyl/N-ethyl adjacent to an activating group) is 1. The number of para-hydroxylation sites is 1. The normalized spacial score (nSPS) is 34.6. The highest BCUT2D eigenvalue weighted by molar-refractivity contribution is 5.95. The third-order valence-corrected chi connectivity index (χ3v) is 14.1. The van der Waals surface area contributed by atoms with Crippen molar-refractivity contribution >= 4 is 34.4 Å². The molecule has 5 aliphatic heterocycles. The SMILES string of the molecule is CC[C@]12C=CCN3CC[C@@]4(c5cc([C@@]6(C(=O)OC)C[C@@H]7CC(=O)N(CCc8c6[nH]c6ccccc86)C7)c(OC)cc5N(C)[C@H]4[C@@](O)(C(=O)OC)C1)[C@@H]32. The summed E-state index contributed by atoms with van der Waals surface area (Å²) in [6.07, 6.45) is 7.38. The van der Waals surface area contributed by atoms with Crippen molar-refractivity contribution in [3.63, 3.8) is 0 Å². The molecular weight excluding hydrogens is 660 g/mol. The van der Waals surface area contributed by atoms with E-state index in [1.54, 1.807) is 7.11 Å². The molecule has 1 saturated carbocycles. The van der Waals surface area contributed by atoms with Crippen molar-refractivity contribution in [2.45, 2.75) is 74.0 Å². The molecule has 11 heteroatoms. The lowest BCUT2D eigenvalue weighted by molar-refractivity contribution is -0.181. The van der Waals surface area contributed by atoms with Crippen molar-refractivity contribution in [3.05, 3.63) is 70.9 Å². The summed E-state index contributed by atoms with van der Waals surface area (Å²) in [6, 6.07) is 11.6. The van der Waals surface area contributed by atoms with Crippen LogP contribution in [0.4, 0.5) is 5.69 Å². The van der Waals surface area contributed by atoms with Crippen molar-refractivity contribution in [1.82, 2.24) is 14.8 Å². The average molecular weight is 709 g/mol. The Kier molecular flexibility index (Phi) is 7.29. The molecule has 6 heterocycles. The van der Waals surface area contributed by atoms with Gasteiger partial charge in [-0.2, -0.15) is 0 Å². The van der Waals surface area contributed by atoms with Crippen LogP contribution in [0.1, 0.15) is 61.4 Å². The Morgan fingerprint density at radius 1 is 1.04 bits per heavy atom. The number of nitrogens with zero attached hydrogens (tertiary/aromatic N) is 3. The molecule has 52 heavy (non-hydrogen) atoms. The van der Waals surface area contributed by atoms with Crippen LogP contribution < -0.4 is 9.64 Å². The lowest BCUT2D eigenvalue weighted by Crippen LogP contribution is -2.74. The molecule has 2 bridgehead atoms. The molecule has 1 aliphatic carbocycles. The van der Waals surface area contributed by atoms with Crippen molar-refractivity contribution in [3.8, 4) is 5.75 Å². The number of hydrogen-bond acceptors (Lipinski definition) is 9. The fourth-order valence-corrected chi connectivity index (χ4v) is 12.3. The Labute approximate surface area is 303 Å². The lowest BCUT2D eigenvalue weighted by Gasteiger charge is -2.60. The maximum absolute atomic E-state index is 15.0. The number of ether oxygens (including phenoxy) is 3. The van der Waals surface area contributed by atoms with Crippen LogP contribution in [0.15, 0.2) is 48.6 Å². The monoisotopic (exact) mass is 708 g/mol. The first-order valence-corrected chi connectivity index (χ1v) is 18.7. The van der Waals surface area contributed by atoms with Gasteiger partial charge in [0, 0.05) is 83.9 Å². The van der Waals surface area contributed by atoms with Crippen LogP contribution in [0.5, 0.6) is 5.75 Å². The number of fused-ring (bicyclic) bond motifs is 6. The molecule has 1 spiro atoms. The van der Waals surface area contributed by atoms with Crippen LogP contribution in [0, 0.1) is 11.3 Å². The summed E-state index contributed by atoms with van der Waals surface area (Å²) in [5.74, 6) is -0.538. The molecule has 6 aliphatic rings. The van der Waals surface area contributed by atoms with Crippen molar-refractivity contribution < 1.29 is 33.7 Å². The lowest BCUT2D eigenvalue weighted by atomic mass is 9.49. The molecule has 3 aromatic rings. The largest absolute Gasteiger partial charge is 0.496 e. The quantitative estimate of drug-likeness (QED) is 0.301. The molecule has 0 radical (unpaired) electrons. The number of benzene rings is 2. The number of H-pyrrole nitrogens is 1. The number of nitrogens with one attached hydrogen (secondary N) is 1. The number of carbonyl (C=O) groups is 3. The number of amides is 1. The van der Waals surface area contributed by atoms with E-state index in [9.17, 15) is 19.5 Å². The number of carbonyl (C=O) groups excluding carboxylic acids is 3. The molecule has 0 unspecified atom stereocenters. The number of anilines is 1. The minimum atomic E-state index is -1.81. The number of methoxy groups -OCH3 is 3. The van der Waals surface area contributed by atoms with Crippen LogP contribution in [0.25, 0.3) is 10.9 Å². The fourth-order valence-electron chi connectivity index (χ4n) is 12.3. The predicted molar refractivity (Wildman–Crippen MR) is 194 cm³/mol. The van der Waals surface area contributed by atoms with E-state index in [4.69, 9.17) is 14.2 Å². The Morgan fingerprint density at radius 2 is 1.83 bits per heavy atom. The standard InChI is InChI=1S/C41H48N4O7/c1-6-38-13-9-15-44-17-14-39(34(38)44)27-19-28(31(50-3)20-30(27)43(2)35(39)41(49,23-38)37(48)52-5)40(36(47)51-4)21-24-18-32(46)45(22-24)16-12-26-25-10-7-8-11-29(25)42-33(26)40/h7-11,13,19-20,24,34-35,42,49H,6,12,14-18,21-23H2,1-5H3/t24-,34-,35+,38-,39+,40-,41+/m0/s1. The van der Waals surface area contributed by atoms with E-state index in [2.05, 4.69) is 46.0 Å². The predicted octanol–water partition coefficient (Wildman–Crippen LogP) is 3.83. The average Bonchev–Trinajstić information content (AvgIpc) is 3.90. The zero-order valence-corrected chi connectivity index (χ0v) is 30.7. The maximum atomic E-state index is 15.0. The molecule has 2 N–H and O–H groups in total. The fraction of sp³-hybridized carbons (Fsp3) is 0.537. The van der Waals surface area contributed by atoms with Gasteiger partial charge >= 0.3 is 11.9 Å². The van der Waals surface area contributed by atoms with Crippen molar-refractivity contribution in [2.75, 3.05) is 59.5 Å². The molecule has 9 rings (SSSR count). The van der Waals surface area contributed by atoms with Gasteiger partial charge in [0.2, 0.25) is 5.91 Å². The third kappa shape index (κ3) is 4.01. The molecule has 274 valence electrons. The van der Waals surface area contributed by atoms with Crippen molar-refractivity contribution in [1.29, 1.82) is 0 Å². The van der Waals surface area contributed by atoms with Gasteiger partial charge in [0.05, 0.1) is 27.4 Å². The van der Waals surface area contributed by atoms with Gasteiger partial charge in [-0.25, -0.2) is 4.79 Å². The molecule has 7 atom stereocenters. The van der Waals surface area contributed by atoms with Gasteiger partial charge in [0.1, 0.15) is 11.2 Å². The third-order valence-electron chi connectivity index (χ3n) is 14.1. The number of esters is 2. The van der Waals surface area contributed by atoms with Crippen LogP contribution in [0.3, 0.4) is 0 Å². The molecule has 2 aromatic carbocycles. The Bertz CT molecular complexity index is 2060. The summed E-state index contributed by atoms with van der Waals surface area (Å²) >= 11 is 0. The van der Waals surface area contributed by atoms with Gasteiger partial charge in [-0.3, -0.25) is 14.5 Å².